The van der Waals surface area contributed by atoms with Gasteiger partial charge in [0.05, 0.1) is 13.7 Å². The number of benzene rings is 1. The summed E-state index contributed by atoms with van der Waals surface area (Å²) in [7, 11) is 1.64. The van der Waals surface area contributed by atoms with Crippen LogP contribution in [0.5, 0.6) is 5.75 Å². The number of aliphatic imine (C=N–C) groups is 1. The standard InChI is InChI=1S/C15H19N3OS.HI/c1-3-13-7-8-14(20-13)10-17-15(16)18-11-5-4-6-12(9-11)19-2;/h4-9H,3,10H2,1-2H3,(H3,16,17,18);1H. The van der Waals surface area contributed by atoms with E-state index in [4.69, 9.17) is 10.5 Å². The van der Waals surface area contributed by atoms with Crippen molar-refractivity contribution in [3.05, 3.63) is 46.2 Å². The number of thiophene rings is 1. The molecule has 21 heavy (non-hydrogen) atoms. The molecule has 4 nitrogen and oxygen atoms in total. The molecule has 0 saturated carbocycles. The molecule has 0 radical (unpaired) electrons. The van der Waals surface area contributed by atoms with Crippen LogP contribution in [0.15, 0.2) is 41.4 Å². The maximum Gasteiger partial charge on any atom is 0.193 e. The Bertz CT molecular complexity index is 598. The van der Waals surface area contributed by atoms with Gasteiger partial charge in [0.2, 0.25) is 0 Å². The van der Waals surface area contributed by atoms with Crippen LogP contribution in [0.25, 0.3) is 0 Å². The number of nitrogens with zero attached hydrogens (tertiary/aromatic N) is 1. The summed E-state index contributed by atoms with van der Waals surface area (Å²) in [4.78, 5) is 6.94. The lowest BCUT2D eigenvalue weighted by Crippen LogP contribution is -2.22. The van der Waals surface area contributed by atoms with Gasteiger partial charge < -0.3 is 15.8 Å². The fourth-order valence-corrected chi connectivity index (χ4v) is 2.63. The Morgan fingerprint density at radius 3 is 2.71 bits per heavy atom. The maximum atomic E-state index is 5.89. The third-order valence-corrected chi connectivity index (χ3v) is 4.03. The van der Waals surface area contributed by atoms with Gasteiger partial charge in [-0.05, 0) is 30.7 Å². The fraction of sp³-hybridized carbons (Fsp3) is 0.267. The predicted molar refractivity (Wildman–Crippen MR) is 101 cm³/mol. The van der Waals surface area contributed by atoms with E-state index in [1.165, 1.54) is 9.75 Å². The van der Waals surface area contributed by atoms with Crippen molar-refractivity contribution in [2.75, 3.05) is 12.4 Å². The van der Waals surface area contributed by atoms with Crippen molar-refractivity contribution in [1.29, 1.82) is 0 Å². The van der Waals surface area contributed by atoms with E-state index in [0.29, 0.717) is 12.5 Å². The van der Waals surface area contributed by atoms with Crippen molar-refractivity contribution in [3.63, 3.8) is 0 Å². The molecule has 0 bridgehead atoms. The van der Waals surface area contributed by atoms with Gasteiger partial charge in [0.25, 0.3) is 0 Å². The number of methoxy groups -OCH3 is 1. The Morgan fingerprint density at radius 1 is 1.29 bits per heavy atom. The highest BCUT2D eigenvalue weighted by Gasteiger charge is 2.00. The van der Waals surface area contributed by atoms with E-state index in [1.807, 2.05) is 24.3 Å². The molecular formula is C15H20IN3OS. The molecule has 0 unspecified atom stereocenters. The van der Waals surface area contributed by atoms with Crippen LogP contribution in [0.4, 0.5) is 5.69 Å². The van der Waals surface area contributed by atoms with Crippen LogP contribution in [0.3, 0.4) is 0 Å². The summed E-state index contributed by atoms with van der Waals surface area (Å²) in [5, 5.41) is 3.06. The third kappa shape index (κ3) is 5.55. The molecular weight excluding hydrogens is 397 g/mol. The normalized spacial score (nSPS) is 10.9. The van der Waals surface area contributed by atoms with Crippen molar-refractivity contribution in [2.24, 2.45) is 10.7 Å². The van der Waals surface area contributed by atoms with E-state index < -0.39 is 0 Å². The zero-order chi connectivity index (χ0) is 14.4. The first-order valence-electron chi connectivity index (χ1n) is 6.50. The van der Waals surface area contributed by atoms with Gasteiger partial charge in [0.15, 0.2) is 5.96 Å². The molecule has 0 spiro atoms. The van der Waals surface area contributed by atoms with E-state index in [0.717, 1.165) is 17.9 Å². The second kappa shape index (κ2) is 8.89. The van der Waals surface area contributed by atoms with Gasteiger partial charge in [-0.1, -0.05) is 13.0 Å². The molecule has 0 aliphatic carbocycles. The highest BCUT2D eigenvalue weighted by atomic mass is 127. The Morgan fingerprint density at radius 2 is 2.05 bits per heavy atom. The summed E-state index contributed by atoms with van der Waals surface area (Å²) >= 11 is 1.78. The van der Waals surface area contributed by atoms with E-state index in [1.54, 1.807) is 18.4 Å². The number of ether oxygens (including phenoxy) is 1. The smallest absolute Gasteiger partial charge is 0.193 e. The van der Waals surface area contributed by atoms with Crippen molar-refractivity contribution >= 4 is 47.0 Å². The van der Waals surface area contributed by atoms with Crippen LogP contribution in [0.1, 0.15) is 16.7 Å². The van der Waals surface area contributed by atoms with Crippen molar-refractivity contribution in [1.82, 2.24) is 0 Å². The van der Waals surface area contributed by atoms with Crippen LogP contribution in [-0.4, -0.2) is 13.1 Å². The lowest BCUT2D eigenvalue weighted by Gasteiger charge is -2.07. The van der Waals surface area contributed by atoms with Gasteiger partial charge in [0.1, 0.15) is 5.75 Å². The number of hydrogen-bond acceptors (Lipinski definition) is 3. The minimum absolute atomic E-state index is 0. The van der Waals surface area contributed by atoms with Crippen molar-refractivity contribution in [2.45, 2.75) is 19.9 Å². The quantitative estimate of drug-likeness (QED) is 0.441. The van der Waals surface area contributed by atoms with Crippen LogP contribution in [-0.2, 0) is 13.0 Å². The molecule has 0 aliphatic heterocycles. The Hall–Kier alpha value is -1.28. The van der Waals surface area contributed by atoms with Gasteiger partial charge in [-0.15, -0.1) is 35.3 Å². The van der Waals surface area contributed by atoms with Crippen LogP contribution < -0.4 is 15.8 Å². The number of nitrogens with one attached hydrogen (secondary N) is 1. The van der Waals surface area contributed by atoms with Gasteiger partial charge in [-0.2, -0.15) is 0 Å². The van der Waals surface area contributed by atoms with Crippen LogP contribution in [0, 0.1) is 0 Å². The predicted octanol–water partition coefficient (Wildman–Crippen LogP) is 3.86. The van der Waals surface area contributed by atoms with Crippen LogP contribution in [0.2, 0.25) is 0 Å². The minimum atomic E-state index is 0. The zero-order valence-electron chi connectivity index (χ0n) is 12.1. The minimum Gasteiger partial charge on any atom is -0.497 e. The average Bonchev–Trinajstić information content (AvgIpc) is 2.93. The largest absolute Gasteiger partial charge is 0.497 e. The van der Waals surface area contributed by atoms with Crippen LogP contribution >= 0.6 is 35.3 Å². The number of rotatable bonds is 5. The molecule has 114 valence electrons. The second-order valence-corrected chi connectivity index (χ2v) is 5.53. The summed E-state index contributed by atoms with van der Waals surface area (Å²) in [6, 6.07) is 11.8. The lowest BCUT2D eigenvalue weighted by atomic mass is 10.3. The van der Waals surface area contributed by atoms with Gasteiger partial charge in [0, 0.05) is 21.5 Å². The number of guanidine groups is 1. The molecule has 0 saturated heterocycles. The van der Waals surface area contributed by atoms with Crippen molar-refractivity contribution < 1.29 is 4.74 Å². The maximum absolute atomic E-state index is 5.89. The molecule has 0 aliphatic rings. The molecule has 0 amide bonds. The number of hydrogen-bond donors (Lipinski definition) is 2. The molecule has 0 fully saturated rings. The topological polar surface area (TPSA) is 59.6 Å². The SMILES string of the molecule is CCc1ccc(CN=C(N)Nc2cccc(OC)c2)s1.I. The molecule has 1 heterocycles. The Labute approximate surface area is 146 Å². The summed E-state index contributed by atoms with van der Waals surface area (Å²) in [6.07, 6.45) is 1.06. The fourth-order valence-electron chi connectivity index (χ4n) is 1.75. The molecule has 0 atom stereocenters. The van der Waals surface area contributed by atoms with Gasteiger partial charge in [-0.25, -0.2) is 4.99 Å². The first-order chi connectivity index (χ1) is 9.71. The Kier molecular flexibility index (Phi) is 7.52. The molecule has 3 N–H and O–H groups in total. The number of aryl methyl sites for hydroxylation is 1. The number of anilines is 1. The summed E-state index contributed by atoms with van der Waals surface area (Å²) in [5.41, 5.74) is 6.75. The average molecular weight is 417 g/mol. The first-order valence-corrected chi connectivity index (χ1v) is 7.31. The molecule has 2 rings (SSSR count). The monoisotopic (exact) mass is 417 g/mol. The Balaban J connectivity index is 0.00000220. The van der Waals surface area contributed by atoms with E-state index in [-0.39, 0.29) is 24.0 Å². The molecule has 2 aromatic rings. The summed E-state index contributed by atoms with van der Waals surface area (Å²) in [5.74, 6) is 1.19. The van der Waals surface area contributed by atoms with Gasteiger partial charge in [-0.3, -0.25) is 0 Å². The zero-order valence-corrected chi connectivity index (χ0v) is 15.3. The second-order valence-electron chi connectivity index (χ2n) is 4.28. The third-order valence-electron chi connectivity index (χ3n) is 2.81. The van der Waals surface area contributed by atoms with E-state index in [2.05, 4.69) is 29.4 Å². The summed E-state index contributed by atoms with van der Waals surface area (Å²) in [6.45, 7) is 2.76. The van der Waals surface area contributed by atoms with E-state index >= 15 is 0 Å². The van der Waals surface area contributed by atoms with Gasteiger partial charge >= 0.3 is 0 Å². The molecule has 1 aromatic carbocycles. The molecule has 6 heteroatoms. The lowest BCUT2D eigenvalue weighted by molar-refractivity contribution is 0.415. The highest BCUT2D eigenvalue weighted by Crippen LogP contribution is 2.18. The van der Waals surface area contributed by atoms with Crippen molar-refractivity contribution in [3.8, 4) is 5.75 Å². The first kappa shape index (κ1) is 17.8. The molecule has 1 aromatic heterocycles. The van der Waals surface area contributed by atoms with E-state index in [9.17, 15) is 0 Å². The number of halogens is 1. The summed E-state index contributed by atoms with van der Waals surface area (Å²) < 4.78 is 5.16. The number of nitrogens with two attached hydrogens (primary N) is 1. The highest BCUT2D eigenvalue weighted by molar-refractivity contribution is 14.0.